The van der Waals surface area contributed by atoms with Crippen molar-refractivity contribution in [1.82, 2.24) is 5.32 Å². The fourth-order valence-corrected chi connectivity index (χ4v) is 4.19. The van der Waals surface area contributed by atoms with Gasteiger partial charge < -0.3 is 5.32 Å². The monoisotopic (exact) mass is 345 g/mol. The number of nitrogens with one attached hydrogen (secondary N) is 1. The minimum absolute atomic E-state index is 0.0331. The Kier molecular flexibility index (Phi) is 4.38. The van der Waals surface area contributed by atoms with Crippen LogP contribution in [0, 0.1) is 0 Å². The Morgan fingerprint density at radius 3 is 2.58 bits per heavy atom. The number of hydrogen-bond acceptors (Lipinski definition) is 3. The Labute approximate surface area is 123 Å². The van der Waals surface area contributed by atoms with E-state index in [-0.39, 0.29) is 17.3 Å². The fraction of sp³-hybridized carbons (Fsp3) is 0.571. The lowest BCUT2D eigenvalue weighted by Gasteiger charge is -2.45. The SMILES string of the molecule is C[C@H](CS(C)(=O)=O)NC1(c2cccc(Br)c2)CCC1. The minimum atomic E-state index is -2.94. The molecular formula is C14H20BrNO2S. The Balaban J connectivity index is 2.15. The van der Waals surface area contributed by atoms with E-state index in [1.807, 2.05) is 19.1 Å². The third-order valence-electron chi connectivity index (χ3n) is 3.66. The van der Waals surface area contributed by atoms with Gasteiger partial charge in [-0.2, -0.15) is 0 Å². The summed E-state index contributed by atoms with van der Waals surface area (Å²) in [6.45, 7) is 1.94. The second kappa shape index (κ2) is 5.54. The normalized spacial score (nSPS) is 19.7. The molecule has 2 rings (SSSR count). The molecule has 0 aliphatic heterocycles. The molecule has 19 heavy (non-hydrogen) atoms. The molecule has 5 heteroatoms. The van der Waals surface area contributed by atoms with Gasteiger partial charge >= 0.3 is 0 Å². The zero-order valence-corrected chi connectivity index (χ0v) is 13.7. The largest absolute Gasteiger partial charge is 0.304 e. The molecule has 106 valence electrons. The van der Waals surface area contributed by atoms with E-state index in [2.05, 4.69) is 33.4 Å². The lowest BCUT2D eigenvalue weighted by molar-refractivity contribution is 0.171. The minimum Gasteiger partial charge on any atom is -0.304 e. The van der Waals surface area contributed by atoms with Crippen molar-refractivity contribution in [3.8, 4) is 0 Å². The topological polar surface area (TPSA) is 46.2 Å². The summed E-state index contributed by atoms with van der Waals surface area (Å²) in [7, 11) is -2.94. The molecule has 0 heterocycles. The zero-order valence-electron chi connectivity index (χ0n) is 11.3. The first-order chi connectivity index (χ1) is 8.81. The van der Waals surface area contributed by atoms with Crippen molar-refractivity contribution >= 4 is 25.8 Å². The smallest absolute Gasteiger partial charge is 0.148 e. The molecule has 1 aromatic rings. The van der Waals surface area contributed by atoms with Gasteiger partial charge in [0, 0.05) is 22.3 Å². The second-order valence-corrected chi connectivity index (χ2v) is 8.68. The summed E-state index contributed by atoms with van der Waals surface area (Å²) in [6, 6.07) is 8.25. The van der Waals surface area contributed by atoms with Gasteiger partial charge in [-0.3, -0.25) is 0 Å². The standard InChI is InChI=1S/C14H20BrNO2S/c1-11(10-19(2,17)18)16-14(7-4-8-14)12-5-3-6-13(15)9-12/h3,5-6,9,11,16H,4,7-8,10H2,1-2H3/t11-/m1/s1. The molecule has 0 bridgehead atoms. The predicted molar refractivity (Wildman–Crippen MR) is 82.0 cm³/mol. The predicted octanol–water partition coefficient (Wildman–Crippen LogP) is 2.85. The van der Waals surface area contributed by atoms with E-state index in [0.29, 0.717) is 0 Å². The van der Waals surface area contributed by atoms with Gasteiger partial charge in [-0.1, -0.05) is 28.1 Å². The van der Waals surface area contributed by atoms with Crippen LogP contribution >= 0.6 is 15.9 Å². The molecule has 3 nitrogen and oxygen atoms in total. The average Bonchev–Trinajstić information content (AvgIpc) is 2.21. The highest BCUT2D eigenvalue weighted by Gasteiger charge is 2.39. The lowest BCUT2D eigenvalue weighted by atomic mass is 9.71. The van der Waals surface area contributed by atoms with Crippen molar-refractivity contribution in [1.29, 1.82) is 0 Å². The van der Waals surface area contributed by atoms with Crippen LogP contribution in [0.4, 0.5) is 0 Å². The van der Waals surface area contributed by atoms with E-state index in [1.165, 1.54) is 18.2 Å². The summed E-state index contributed by atoms with van der Waals surface area (Å²) < 4.78 is 23.8. The molecule has 1 aliphatic carbocycles. The lowest BCUT2D eigenvalue weighted by Crippen LogP contribution is -2.53. The molecule has 0 aromatic heterocycles. The van der Waals surface area contributed by atoms with E-state index >= 15 is 0 Å². The van der Waals surface area contributed by atoms with Gasteiger partial charge in [0.25, 0.3) is 0 Å². The molecule has 0 spiro atoms. The van der Waals surface area contributed by atoms with E-state index < -0.39 is 9.84 Å². The summed E-state index contributed by atoms with van der Waals surface area (Å²) in [5.74, 6) is 0.183. The quantitative estimate of drug-likeness (QED) is 0.892. The van der Waals surface area contributed by atoms with Crippen LogP contribution in [0.2, 0.25) is 0 Å². The molecule has 0 saturated heterocycles. The van der Waals surface area contributed by atoms with E-state index in [4.69, 9.17) is 0 Å². The van der Waals surface area contributed by atoms with Gasteiger partial charge in [0.2, 0.25) is 0 Å². The molecule has 1 atom stereocenters. The van der Waals surface area contributed by atoms with Gasteiger partial charge in [0.05, 0.1) is 5.75 Å². The van der Waals surface area contributed by atoms with Crippen LogP contribution in [0.3, 0.4) is 0 Å². The maximum absolute atomic E-state index is 11.4. The first-order valence-corrected chi connectivity index (χ1v) is 9.38. The van der Waals surface area contributed by atoms with Gasteiger partial charge in [-0.25, -0.2) is 8.42 Å². The van der Waals surface area contributed by atoms with Gasteiger partial charge in [-0.05, 0) is 43.9 Å². The molecule has 1 aliphatic rings. The summed E-state index contributed by atoms with van der Waals surface area (Å²) in [5, 5.41) is 3.53. The van der Waals surface area contributed by atoms with Crippen molar-refractivity contribution in [2.75, 3.05) is 12.0 Å². The molecule has 1 saturated carbocycles. The molecule has 0 unspecified atom stereocenters. The van der Waals surface area contributed by atoms with Crippen LogP contribution in [0.15, 0.2) is 28.7 Å². The van der Waals surface area contributed by atoms with Crippen molar-refractivity contribution in [2.45, 2.75) is 37.8 Å². The molecule has 1 N–H and O–H groups in total. The summed E-state index contributed by atoms with van der Waals surface area (Å²) in [4.78, 5) is 0. The summed E-state index contributed by atoms with van der Waals surface area (Å²) in [6.07, 6.45) is 4.61. The van der Waals surface area contributed by atoms with Crippen LogP contribution in [0.25, 0.3) is 0 Å². The Hall–Kier alpha value is -0.390. The van der Waals surface area contributed by atoms with E-state index in [0.717, 1.165) is 17.3 Å². The van der Waals surface area contributed by atoms with Crippen LogP contribution in [-0.2, 0) is 15.4 Å². The molecule has 0 radical (unpaired) electrons. The van der Waals surface area contributed by atoms with E-state index in [9.17, 15) is 8.42 Å². The van der Waals surface area contributed by atoms with Crippen molar-refractivity contribution in [3.05, 3.63) is 34.3 Å². The summed E-state index contributed by atoms with van der Waals surface area (Å²) >= 11 is 3.50. The highest BCUT2D eigenvalue weighted by atomic mass is 79.9. The number of rotatable bonds is 5. The van der Waals surface area contributed by atoms with Crippen LogP contribution in [0.1, 0.15) is 31.7 Å². The average molecular weight is 346 g/mol. The summed E-state index contributed by atoms with van der Waals surface area (Å²) in [5.41, 5.74) is 1.20. The molecule has 1 aromatic carbocycles. The van der Waals surface area contributed by atoms with Crippen LogP contribution in [-0.4, -0.2) is 26.5 Å². The van der Waals surface area contributed by atoms with Crippen molar-refractivity contribution < 1.29 is 8.42 Å². The molecule has 1 fully saturated rings. The molecule has 0 amide bonds. The van der Waals surface area contributed by atoms with Crippen molar-refractivity contribution in [2.24, 2.45) is 0 Å². The zero-order chi connectivity index (χ0) is 14.1. The number of sulfone groups is 1. The van der Waals surface area contributed by atoms with E-state index in [1.54, 1.807) is 0 Å². The highest BCUT2D eigenvalue weighted by Crippen LogP contribution is 2.42. The Morgan fingerprint density at radius 2 is 2.11 bits per heavy atom. The first kappa shape index (κ1) is 15.0. The van der Waals surface area contributed by atoms with Gasteiger partial charge in [0.1, 0.15) is 9.84 Å². The van der Waals surface area contributed by atoms with Crippen LogP contribution < -0.4 is 5.32 Å². The van der Waals surface area contributed by atoms with Gasteiger partial charge in [-0.15, -0.1) is 0 Å². The fourth-order valence-electron chi connectivity index (χ4n) is 2.80. The van der Waals surface area contributed by atoms with Crippen molar-refractivity contribution in [3.63, 3.8) is 0 Å². The van der Waals surface area contributed by atoms with Crippen LogP contribution in [0.5, 0.6) is 0 Å². The number of benzene rings is 1. The Morgan fingerprint density at radius 1 is 1.42 bits per heavy atom. The highest BCUT2D eigenvalue weighted by molar-refractivity contribution is 9.10. The number of hydrogen-bond donors (Lipinski definition) is 1. The Bertz CT molecular complexity index is 552. The number of halogens is 1. The second-order valence-electron chi connectivity index (χ2n) is 5.58. The maximum atomic E-state index is 11.4. The first-order valence-electron chi connectivity index (χ1n) is 6.52. The maximum Gasteiger partial charge on any atom is 0.148 e. The molecular weight excluding hydrogens is 326 g/mol. The van der Waals surface area contributed by atoms with Gasteiger partial charge in [0.15, 0.2) is 0 Å². The third-order valence-corrected chi connectivity index (χ3v) is 5.26. The third kappa shape index (κ3) is 3.80.